The number of hydrogen-bond donors (Lipinski definition) is 1. The number of pyridine rings is 1. The van der Waals surface area contributed by atoms with Crippen molar-refractivity contribution in [2.45, 2.75) is 33.2 Å². The molecule has 0 aliphatic carbocycles. The number of nitrogens with zero attached hydrogens (tertiary/aromatic N) is 3. The Bertz CT molecular complexity index is 754. The van der Waals surface area contributed by atoms with Gasteiger partial charge in [-0.2, -0.15) is 0 Å². The first-order chi connectivity index (χ1) is 13.1. The number of aryl methyl sites for hydroxylation is 1. The minimum absolute atomic E-state index is 0.102. The van der Waals surface area contributed by atoms with Crippen molar-refractivity contribution in [2.24, 2.45) is 0 Å². The quantitative estimate of drug-likeness (QED) is 0.854. The van der Waals surface area contributed by atoms with Crippen LogP contribution in [0.2, 0.25) is 0 Å². The molecule has 2 heterocycles. The lowest BCUT2D eigenvalue weighted by Gasteiger charge is -2.39. The molecular formula is C22H30N4O. The topological polar surface area (TPSA) is 48.5 Å². The summed E-state index contributed by atoms with van der Waals surface area (Å²) < 4.78 is 0. The lowest BCUT2D eigenvalue weighted by atomic mass is 10.1. The van der Waals surface area contributed by atoms with E-state index in [-0.39, 0.29) is 11.9 Å². The molecule has 1 aliphatic rings. The highest BCUT2D eigenvalue weighted by Crippen LogP contribution is 2.24. The SMILES string of the molecule is Cc1cccc(N2CCN(C(C)C(=O)NCCc3ccccn3)CC2)c1C. The second-order valence-electron chi connectivity index (χ2n) is 7.28. The molecule has 1 N–H and O–H groups in total. The first-order valence-corrected chi connectivity index (χ1v) is 9.79. The molecule has 0 spiro atoms. The molecule has 2 aromatic rings. The highest BCUT2D eigenvalue weighted by molar-refractivity contribution is 5.81. The smallest absolute Gasteiger partial charge is 0.237 e. The van der Waals surface area contributed by atoms with Gasteiger partial charge in [-0.3, -0.25) is 14.7 Å². The Morgan fingerprint density at radius 2 is 1.89 bits per heavy atom. The van der Waals surface area contributed by atoms with Gasteiger partial charge in [0.25, 0.3) is 0 Å². The molecule has 144 valence electrons. The molecule has 1 aliphatic heterocycles. The molecule has 0 bridgehead atoms. The number of hydrogen-bond acceptors (Lipinski definition) is 4. The largest absolute Gasteiger partial charge is 0.369 e. The molecule has 5 heteroatoms. The van der Waals surface area contributed by atoms with Crippen LogP contribution in [0.5, 0.6) is 0 Å². The molecule has 27 heavy (non-hydrogen) atoms. The number of rotatable bonds is 6. The third-order valence-electron chi connectivity index (χ3n) is 5.56. The molecule has 0 radical (unpaired) electrons. The number of anilines is 1. The number of carbonyl (C=O) groups excluding carboxylic acids is 1. The highest BCUT2D eigenvalue weighted by atomic mass is 16.2. The minimum Gasteiger partial charge on any atom is -0.369 e. The van der Waals surface area contributed by atoms with E-state index in [1.165, 1.54) is 16.8 Å². The van der Waals surface area contributed by atoms with Gasteiger partial charge in [0.1, 0.15) is 0 Å². The Kier molecular flexibility index (Phi) is 6.45. The molecule has 1 aromatic carbocycles. The van der Waals surface area contributed by atoms with E-state index < -0.39 is 0 Å². The number of nitrogens with one attached hydrogen (secondary N) is 1. The molecule has 3 rings (SSSR count). The lowest BCUT2D eigenvalue weighted by molar-refractivity contribution is -0.125. The van der Waals surface area contributed by atoms with E-state index in [0.29, 0.717) is 6.54 Å². The molecule has 1 saturated heterocycles. The average Bonchev–Trinajstić information content (AvgIpc) is 2.70. The van der Waals surface area contributed by atoms with Crippen molar-refractivity contribution in [3.63, 3.8) is 0 Å². The summed E-state index contributed by atoms with van der Waals surface area (Å²) in [5.41, 5.74) is 5.01. The Labute approximate surface area is 162 Å². The maximum Gasteiger partial charge on any atom is 0.237 e. The van der Waals surface area contributed by atoms with Crippen molar-refractivity contribution in [3.8, 4) is 0 Å². The molecule has 1 atom stereocenters. The van der Waals surface area contributed by atoms with E-state index in [4.69, 9.17) is 0 Å². The van der Waals surface area contributed by atoms with Gasteiger partial charge >= 0.3 is 0 Å². The normalized spacial score (nSPS) is 16.2. The molecule has 5 nitrogen and oxygen atoms in total. The summed E-state index contributed by atoms with van der Waals surface area (Å²) in [7, 11) is 0. The van der Waals surface area contributed by atoms with E-state index in [0.717, 1.165) is 38.3 Å². The molecule has 1 unspecified atom stereocenters. The van der Waals surface area contributed by atoms with Gasteiger partial charge in [-0.25, -0.2) is 0 Å². The Hall–Kier alpha value is -2.40. The van der Waals surface area contributed by atoms with Crippen LogP contribution in [0, 0.1) is 13.8 Å². The third-order valence-corrected chi connectivity index (χ3v) is 5.56. The lowest BCUT2D eigenvalue weighted by Crippen LogP contribution is -2.54. The number of benzene rings is 1. The zero-order chi connectivity index (χ0) is 19.2. The predicted octanol–water partition coefficient (Wildman–Crippen LogP) is 2.57. The summed E-state index contributed by atoms with van der Waals surface area (Å²) in [5, 5.41) is 3.05. The monoisotopic (exact) mass is 366 g/mol. The summed E-state index contributed by atoms with van der Waals surface area (Å²) >= 11 is 0. The Balaban J connectivity index is 1.47. The standard InChI is InChI=1S/C22H30N4O/c1-17-7-6-9-21(18(17)2)26-15-13-25(14-16-26)19(3)22(27)24-12-10-20-8-4-5-11-23-20/h4-9,11,19H,10,12-16H2,1-3H3,(H,24,27). The van der Waals surface area contributed by atoms with E-state index >= 15 is 0 Å². The molecule has 0 saturated carbocycles. The molecule has 1 aromatic heterocycles. The summed E-state index contributed by atoms with van der Waals surface area (Å²) in [5.74, 6) is 0.103. The predicted molar refractivity (Wildman–Crippen MR) is 110 cm³/mol. The van der Waals surface area contributed by atoms with Crippen LogP contribution in [-0.2, 0) is 11.2 Å². The van der Waals surface area contributed by atoms with Gasteiger partial charge < -0.3 is 10.2 Å². The van der Waals surface area contributed by atoms with Crippen LogP contribution in [0.3, 0.4) is 0 Å². The van der Waals surface area contributed by atoms with E-state index in [1.807, 2.05) is 25.1 Å². The van der Waals surface area contributed by atoms with Crippen molar-refractivity contribution >= 4 is 11.6 Å². The third kappa shape index (κ3) is 4.86. The zero-order valence-corrected chi connectivity index (χ0v) is 16.6. The van der Waals surface area contributed by atoms with Crippen molar-refractivity contribution in [2.75, 3.05) is 37.6 Å². The van der Waals surface area contributed by atoms with E-state index in [2.05, 4.69) is 52.1 Å². The summed E-state index contributed by atoms with van der Waals surface area (Å²) in [6, 6.07) is 12.3. The van der Waals surface area contributed by atoms with Crippen LogP contribution < -0.4 is 10.2 Å². The fourth-order valence-corrected chi connectivity index (χ4v) is 3.60. The van der Waals surface area contributed by atoms with Crippen LogP contribution in [0.4, 0.5) is 5.69 Å². The van der Waals surface area contributed by atoms with Crippen LogP contribution in [0.1, 0.15) is 23.7 Å². The fourth-order valence-electron chi connectivity index (χ4n) is 3.60. The average molecular weight is 367 g/mol. The van der Waals surface area contributed by atoms with Crippen LogP contribution in [0.25, 0.3) is 0 Å². The first-order valence-electron chi connectivity index (χ1n) is 9.79. The summed E-state index contributed by atoms with van der Waals surface area (Å²) in [4.78, 5) is 21.5. The summed E-state index contributed by atoms with van der Waals surface area (Å²) in [6.07, 6.45) is 2.55. The second kappa shape index (κ2) is 9.00. The number of carbonyl (C=O) groups is 1. The number of piperazine rings is 1. The number of aromatic nitrogens is 1. The minimum atomic E-state index is -0.102. The van der Waals surface area contributed by atoms with Crippen molar-refractivity contribution < 1.29 is 4.79 Å². The van der Waals surface area contributed by atoms with Crippen LogP contribution >= 0.6 is 0 Å². The van der Waals surface area contributed by atoms with Gasteiger partial charge in [-0.05, 0) is 50.1 Å². The van der Waals surface area contributed by atoms with Crippen molar-refractivity contribution in [1.82, 2.24) is 15.2 Å². The maximum absolute atomic E-state index is 12.5. The Morgan fingerprint density at radius 1 is 1.11 bits per heavy atom. The van der Waals surface area contributed by atoms with Gasteiger partial charge in [0.05, 0.1) is 6.04 Å². The van der Waals surface area contributed by atoms with Gasteiger partial charge in [-0.1, -0.05) is 18.2 Å². The van der Waals surface area contributed by atoms with Crippen LogP contribution in [-0.4, -0.2) is 54.6 Å². The van der Waals surface area contributed by atoms with Crippen molar-refractivity contribution in [1.29, 1.82) is 0 Å². The van der Waals surface area contributed by atoms with Crippen LogP contribution in [0.15, 0.2) is 42.6 Å². The molecule has 1 fully saturated rings. The molecule has 1 amide bonds. The van der Waals surface area contributed by atoms with E-state index in [1.54, 1.807) is 6.20 Å². The van der Waals surface area contributed by atoms with Gasteiger partial charge in [0.15, 0.2) is 0 Å². The second-order valence-corrected chi connectivity index (χ2v) is 7.28. The first kappa shape index (κ1) is 19.4. The maximum atomic E-state index is 12.5. The van der Waals surface area contributed by atoms with E-state index in [9.17, 15) is 4.79 Å². The summed E-state index contributed by atoms with van der Waals surface area (Å²) in [6.45, 7) is 10.7. The van der Waals surface area contributed by atoms with Gasteiger partial charge in [0, 0.05) is 56.7 Å². The Morgan fingerprint density at radius 3 is 2.59 bits per heavy atom. The van der Waals surface area contributed by atoms with Gasteiger partial charge in [-0.15, -0.1) is 0 Å². The fraction of sp³-hybridized carbons (Fsp3) is 0.455. The van der Waals surface area contributed by atoms with Crippen molar-refractivity contribution in [3.05, 3.63) is 59.4 Å². The van der Waals surface area contributed by atoms with Gasteiger partial charge in [0.2, 0.25) is 5.91 Å². The number of amides is 1. The highest BCUT2D eigenvalue weighted by Gasteiger charge is 2.26. The zero-order valence-electron chi connectivity index (χ0n) is 16.6. The molecular weight excluding hydrogens is 336 g/mol.